The molecule has 0 aromatic heterocycles. The summed E-state index contributed by atoms with van der Waals surface area (Å²) in [6.45, 7) is 1.87. The minimum atomic E-state index is -4.56. The second-order valence-electron chi connectivity index (χ2n) is 7.72. The third-order valence-electron chi connectivity index (χ3n) is 6.08. The quantitative estimate of drug-likeness (QED) is 0.778. The maximum absolute atomic E-state index is 13.2. The molecule has 1 aromatic rings. The van der Waals surface area contributed by atoms with E-state index in [0.717, 1.165) is 57.7 Å². The maximum Gasteiger partial charge on any atom is 0.416 e. The largest absolute Gasteiger partial charge is 0.416 e. The Morgan fingerprint density at radius 3 is 2.43 bits per heavy atom. The van der Waals surface area contributed by atoms with E-state index in [1.807, 2.05) is 0 Å². The van der Waals surface area contributed by atoms with Crippen LogP contribution in [0.4, 0.5) is 13.2 Å². The third-order valence-corrected chi connectivity index (χ3v) is 6.08. The molecule has 1 aliphatic carbocycles. The normalized spacial score (nSPS) is 19.5. The molecule has 1 saturated carbocycles. The molecule has 1 aromatic carbocycles. The summed E-state index contributed by atoms with van der Waals surface area (Å²) in [6.07, 6.45) is 1.34. The van der Waals surface area contributed by atoms with Crippen molar-refractivity contribution < 1.29 is 18.0 Å². The molecule has 1 spiro atoms. The number of carbonyl (C=O) groups excluding carboxylic acids is 1. The maximum atomic E-state index is 13.2. The van der Waals surface area contributed by atoms with Gasteiger partial charge in [0.1, 0.15) is 0 Å². The van der Waals surface area contributed by atoms with E-state index in [1.165, 1.54) is 12.1 Å². The van der Waals surface area contributed by atoms with Crippen LogP contribution in [0, 0.1) is 22.7 Å². The first-order valence-electron chi connectivity index (χ1n) is 9.42. The monoisotopic (exact) mass is 415 g/mol. The summed E-state index contributed by atoms with van der Waals surface area (Å²) >= 11 is 0. The molecule has 0 atom stereocenters. The fourth-order valence-electron chi connectivity index (χ4n) is 4.34. The van der Waals surface area contributed by atoms with Crippen molar-refractivity contribution in [2.24, 2.45) is 11.3 Å². The first kappa shape index (κ1) is 22.5. The van der Waals surface area contributed by atoms with Crippen molar-refractivity contribution >= 4 is 18.3 Å². The van der Waals surface area contributed by atoms with E-state index >= 15 is 0 Å². The number of hydrogen-bond donors (Lipinski definition) is 2. The Kier molecular flexibility index (Phi) is 7.35. The summed E-state index contributed by atoms with van der Waals surface area (Å²) in [5.41, 5.74) is -0.574. The fraction of sp³-hybridized carbons (Fsp3) is 0.600. The van der Waals surface area contributed by atoms with E-state index in [0.29, 0.717) is 5.41 Å². The first-order chi connectivity index (χ1) is 12.8. The Hall–Kier alpha value is -1.78. The Labute approximate surface area is 169 Å². The van der Waals surface area contributed by atoms with Crippen LogP contribution in [0.2, 0.25) is 0 Å². The number of hydrogen-bond acceptors (Lipinski definition) is 3. The Morgan fingerprint density at radius 2 is 1.86 bits per heavy atom. The highest BCUT2D eigenvalue weighted by Gasteiger charge is 2.38. The van der Waals surface area contributed by atoms with Crippen LogP contribution in [0.15, 0.2) is 18.2 Å². The molecule has 0 unspecified atom stereocenters. The average Bonchev–Trinajstić information content (AvgIpc) is 2.66. The van der Waals surface area contributed by atoms with E-state index in [-0.39, 0.29) is 41.9 Å². The van der Waals surface area contributed by atoms with Crippen molar-refractivity contribution in [3.63, 3.8) is 0 Å². The zero-order valence-corrected chi connectivity index (χ0v) is 16.4. The van der Waals surface area contributed by atoms with Crippen molar-refractivity contribution in [1.29, 1.82) is 5.26 Å². The predicted octanol–water partition coefficient (Wildman–Crippen LogP) is 4.18. The summed E-state index contributed by atoms with van der Waals surface area (Å²) in [6, 6.07) is 5.17. The molecule has 154 valence electrons. The summed E-state index contributed by atoms with van der Waals surface area (Å²) in [4.78, 5) is 12.5. The predicted molar refractivity (Wildman–Crippen MR) is 102 cm³/mol. The van der Waals surface area contributed by atoms with E-state index < -0.39 is 11.7 Å². The molecule has 2 aliphatic rings. The van der Waals surface area contributed by atoms with Crippen LogP contribution in [-0.4, -0.2) is 19.0 Å². The highest BCUT2D eigenvalue weighted by atomic mass is 35.5. The molecule has 2 N–H and O–H groups in total. The van der Waals surface area contributed by atoms with Crippen LogP contribution in [-0.2, 0) is 17.5 Å². The van der Waals surface area contributed by atoms with Crippen LogP contribution < -0.4 is 10.6 Å². The summed E-state index contributed by atoms with van der Waals surface area (Å²) in [5, 5.41) is 14.9. The van der Waals surface area contributed by atoms with Crippen molar-refractivity contribution in [2.75, 3.05) is 13.1 Å². The lowest BCUT2D eigenvalue weighted by atomic mass is 9.65. The molecule has 2 fully saturated rings. The first-order valence-corrected chi connectivity index (χ1v) is 9.42. The highest BCUT2D eigenvalue weighted by molar-refractivity contribution is 5.85. The van der Waals surface area contributed by atoms with Gasteiger partial charge in [0.05, 0.1) is 17.2 Å². The van der Waals surface area contributed by atoms with Gasteiger partial charge in [0.15, 0.2) is 0 Å². The van der Waals surface area contributed by atoms with Crippen molar-refractivity contribution in [2.45, 2.75) is 51.2 Å². The van der Waals surface area contributed by atoms with Crippen LogP contribution >= 0.6 is 12.4 Å². The summed E-state index contributed by atoms with van der Waals surface area (Å²) in [5.74, 6) is -0.297. The van der Waals surface area contributed by atoms with Gasteiger partial charge in [0.25, 0.3) is 0 Å². The van der Waals surface area contributed by atoms with Crippen LogP contribution in [0.25, 0.3) is 0 Å². The molecule has 1 amide bonds. The number of alkyl halides is 3. The molecule has 1 heterocycles. The van der Waals surface area contributed by atoms with Gasteiger partial charge < -0.3 is 10.6 Å². The Morgan fingerprint density at radius 1 is 1.21 bits per heavy atom. The highest BCUT2D eigenvalue weighted by Crippen LogP contribution is 2.45. The number of carbonyl (C=O) groups is 1. The molecule has 28 heavy (non-hydrogen) atoms. The second-order valence-corrected chi connectivity index (χ2v) is 7.72. The molecule has 0 bridgehead atoms. The number of nitriles is 1. The molecule has 0 radical (unpaired) electrons. The summed E-state index contributed by atoms with van der Waals surface area (Å²) in [7, 11) is 0. The molecule has 4 nitrogen and oxygen atoms in total. The lowest BCUT2D eigenvalue weighted by Gasteiger charge is -2.42. The van der Waals surface area contributed by atoms with Gasteiger partial charge >= 0.3 is 6.18 Å². The van der Waals surface area contributed by atoms with Crippen molar-refractivity contribution in [1.82, 2.24) is 10.6 Å². The van der Waals surface area contributed by atoms with Crippen LogP contribution in [0.3, 0.4) is 0 Å². The zero-order valence-electron chi connectivity index (χ0n) is 15.6. The number of rotatable bonds is 3. The molecule has 8 heteroatoms. The molecular weight excluding hydrogens is 391 g/mol. The van der Waals surface area contributed by atoms with E-state index in [2.05, 4.69) is 10.6 Å². The van der Waals surface area contributed by atoms with Gasteiger partial charge in [-0.25, -0.2) is 0 Å². The zero-order chi connectivity index (χ0) is 19.5. The van der Waals surface area contributed by atoms with E-state index in [4.69, 9.17) is 5.26 Å². The lowest BCUT2D eigenvalue weighted by molar-refractivity contribution is -0.138. The number of nitrogens with zero attached hydrogens (tertiary/aromatic N) is 1. The number of benzene rings is 1. The van der Waals surface area contributed by atoms with Gasteiger partial charge in [0.2, 0.25) is 5.91 Å². The SMILES string of the molecule is Cl.N#Cc1ccc(CNC(=O)C2CCC3(CCNCC3)CC2)c(C(F)(F)F)c1. The van der Waals surface area contributed by atoms with Crippen LogP contribution in [0.1, 0.15) is 55.2 Å². The number of nitrogens with one attached hydrogen (secondary N) is 2. The second kappa shape index (κ2) is 9.15. The number of halogens is 4. The Bertz CT molecular complexity index is 729. The Balaban J connectivity index is 0.00000280. The topological polar surface area (TPSA) is 64.9 Å². The fourth-order valence-corrected chi connectivity index (χ4v) is 4.34. The molecule has 1 saturated heterocycles. The van der Waals surface area contributed by atoms with Crippen molar-refractivity contribution in [3.05, 3.63) is 34.9 Å². The van der Waals surface area contributed by atoms with Gasteiger partial charge in [-0.15, -0.1) is 12.4 Å². The van der Waals surface area contributed by atoms with Gasteiger partial charge in [-0.1, -0.05) is 6.07 Å². The summed E-state index contributed by atoms with van der Waals surface area (Å²) < 4.78 is 39.7. The van der Waals surface area contributed by atoms with E-state index in [9.17, 15) is 18.0 Å². The standard InChI is InChI=1S/C20H24F3N3O.ClH/c21-20(22,23)17-11-14(12-24)1-2-16(17)13-26-18(27)15-3-5-19(6-4-15)7-9-25-10-8-19;/h1-2,11,15,25H,3-10,13H2,(H,26,27);1H. The molecule has 1 aliphatic heterocycles. The van der Waals surface area contributed by atoms with Crippen LogP contribution in [0.5, 0.6) is 0 Å². The van der Waals surface area contributed by atoms with Gasteiger partial charge in [0, 0.05) is 12.5 Å². The molecule has 3 rings (SSSR count). The number of amides is 1. The van der Waals surface area contributed by atoms with Crippen molar-refractivity contribution in [3.8, 4) is 6.07 Å². The average molecular weight is 416 g/mol. The van der Waals surface area contributed by atoms with Gasteiger partial charge in [-0.2, -0.15) is 18.4 Å². The molecular formula is C20H25ClF3N3O. The smallest absolute Gasteiger partial charge is 0.352 e. The van der Waals surface area contributed by atoms with Gasteiger partial charge in [-0.05, 0) is 74.7 Å². The minimum Gasteiger partial charge on any atom is -0.352 e. The van der Waals surface area contributed by atoms with E-state index in [1.54, 1.807) is 6.07 Å². The minimum absolute atomic E-state index is 0. The lowest BCUT2D eigenvalue weighted by Crippen LogP contribution is -2.41. The van der Waals surface area contributed by atoms with Gasteiger partial charge in [-0.3, -0.25) is 4.79 Å². The number of piperidine rings is 1. The third kappa shape index (κ3) is 5.18.